The summed E-state index contributed by atoms with van der Waals surface area (Å²) in [6, 6.07) is 0. The zero-order chi connectivity index (χ0) is 16.9. The van der Waals surface area contributed by atoms with E-state index in [1.165, 1.54) is 12.0 Å². The maximum absolute atomic E-state index is 8.97. The Kier molecular flexibility index (Phi) is 6.87. The molecule has 3 heteroatoms. The van der Waals surface area contributed by atoms with Gasteiger partial charge in [-0.25, -0.2) is 0 Å². The van der Waals surface area contributed by atoms with Crippen LogP contribution in [0.3, 0.4) is 0 Å². The predicted molar refractivity (Wildman–Crippen MR) is 94.1 cm³/mol. The van der Waals surface area contributed by atoms with Gasteiger partial charge in [0.15, 0.2) is 6.29 Å². The third kappa shape index (κ3) is 4.68. The number of rotatable bonds is 8. The van der Waals surface area contributed by atoms with Crippen LogP contribution in [0.4, 0.5) is 0 Å². The lowest BCUT2D eigenvalue weighted by atomic mass is 9.67. The molecule has 2 rings (SSSR count). The third-order valence-corrected chi connectivity index (χ3v) is 5.66. The maximum Gasteiger partial charge on any atom is 0.158 e. The third-order valence-electron chi connectivity index (χ3n) is 5.66. The fourth-order valence-electron chi connectivity index (χ4n) is 4.22. The van der Waals surface area contributed by atoms with Crippen LogP contribution < -0.4 is 0 Å². The average Bonchev–Trinajstić information content (AvgIpc) is 3.11. The molecule has 0 bridgehead atoms. The van der Waals surface area contributed by atoms with Gasteiger partial charge >= 0.3 is 0 Å². The Labute approximate surface area is 141 Å². The molecule has 1 fully saturated rings. The first kappa shape index (κ1) is 18.7. The van der Waals surface area contributed by atoms with E-state index in [0.717, 1.165) is 38.9 Å². The highest BCUT2D eigenvalue weighted by Gasteiger charge is 2.44. The molecule has 0 amide bonds. The monoisotopic (exact) mass is 322 g/mol. The molecule has 1 aliphatic heterocycles. The van der Waals surface area contributed by atoms with Gasteiger partial charge in [0.2, 0.25) is 0 Å². The Balaban J connectivity index is 2.06. The number of aliphatic hydroxyl groups is 1. The zero-order valence-corrected chi connectivity index (χ0v) is 15.3. The van der Waals surface area contributed by atoms with Crippen molar-refractivity contribution in [3.8, 4) is 0 Å². The first-order valence-corrected chi connectivity index (χ1v) is 9.16. The second-order valence-electron chi connectivity index (χ2n) is 7.69. The van der Waals surface area contributed by atoms with Crippen molar-refractivity contribution in [2.75, 3.05) is 19.8 Å². The Morgan fingerprint density at radius 2 is 2.09 bits per heavy atom. The molecule has 0 aromatic heterocycles. The fourth-order valence-corrected chi connectivity index (χ4v) is 4.22. The van der Waals surface area contributed by atoms with E-state index in [9.17, 15) is 0 Å². The van der Waals surface area contributed by atoms with Gasteiger partial charge in [-0.1, -0.05) is 44.1 Å². The molecule has 1 aliphatic carbocycles. The lowest BCUT2D eigenvalue weighted by Crippen LogP contribution is -2.33. The van der Waals surface area contributed by atoms with Crippen molar-refractivity contribution in [3.05, 3.63) is 23.3 Å². The Morgan fingerprint density at radius 1 is 1.39 bits per heavy atom. The van der Waals surface area contributed by atoms with Crippen LogP contribution in [0, 0.1) is 17.3 Å². The molecule has 132 valence electrons. The Morgan fingerprint density at radius 3 is 2.70 bits per heavy atom. The Bertz CT molecular complexity index is 432. The minimum Gasteiger partial charge on any atom is -0.396 e. The van der Waals surface area contributed by atoms with Crippen molar-refractivity contribution in [2.24, 2.45) is 17.3 Å². The van der Waals surface area contributed by atoms with E-state index in [1.54, 1.807) is 5.57 Å². The van der Waals surface area contributed by atoms with Crippen LogP contribution in [0.1, 0.15) is 59.8 Å². The normalized spacial score (nSPS) is 29.6. The molecule has 0 aromatic carbocycles. The SMILES string of the molecule is C/C(=C\CC1=CC[C@@H](C(C)C)[C@]1(C)CC1OCCO1)CCCO. The molecule has 23 heavy (non-hydrogen) atoms. The minimum absolute atomic E-state index is 0.0396. The van der Waals surface area contributed by atoms with Gasteiger partial charge in [0, 0.05) is 13.0 Å². The summed E-state index contributed by atoms with van der Waals surface area (Å²) in [6.07, 6.45) is 9.75. The van der Waals surface area contributed by atoms with Gasteiger partial charge in [0.1, 0.15) is 0 Å². The largest absolute Gasteiger partial charge is 0.396 e. The van der Waals surface area contributed by atoms with Gasteiger partial charge in [-0.2, -0.15) is 0 Å². The molecular formula is C20H34O3. The van der Waals surface area contributed by atoms with E-state index in [1.807, 2.05) is 0 Å². The average molecular weight is 322 g/mol. The van der Waals surface area contributed by atoms with Gasteiger partial charge in [-0.3, -0.25) is 0 Å². The molecule has 1 saturated heterocycles. The summed E-state index contributed by atoms with van der Waals surface area (Å²) >= 11 is 0. The second kappa shape index (κ2) is 8.46. The molecule has 2 atom stereocenters. The number of aliphatic hydroxyl groups excluding tert-OH is 1. The summed E-state index contributed by atoms with van der Waals surface area (Å²) in [5.41, 5.74) is 3.08. The summed E-state index contributed by atoms with van der Waals surface area (Å²) in [5, 5.41) is 8.97. The molecule has 1 heterocycles. The smallest absolute Gasteiger partial charge is 0.158 e. The number of ether oxygens (including phenoxy) is 2. The van der Waals surface area contributed by atoms with Crippen LogP contribution in [-0.4, -0.2) is 31.2 Å². The van der Waals surface area contributed by atoms with E-state index in [4.69, 9.17) is 14.6 Å². The van der Waals surface area contributed by atoms with E-state index in [0.29, 0.717) is 11.8 Å². The summed E-state index contributed by atoms with van der Waals surface area (Å²) in [5.74, 6) is 1.33. The highest BCUT2D eigenvalue weighted by Crippen LogP contribution is 2.52. The second-order valence-corrected chi connectivity index (χ2v) is 7.69. The topological polar surface area (TPSA) is 38.7 Å². The van der Waals surface area contributed by atoms with Crippen molar-refractivity contribution < 1.29 is 14.6 Å². The Hall–Kier alpha value is -0.640. The van der Waals surface area contributed by atoms with Crippen molar-refractivity contribution in [1.82, 2.24) is 0 Å². The molecule has 0 saturated carbocycles. The zero-order valence-electron chi connectivity index (χ0n) is 15.3. The molecule has 0 radical (unpaired) electrons. The summed E-state index contributed by atoms with van der Waals surface area (Å²) in [7, 11) is 0. The van der Waals surface area contributed by atoms with E-state index in [-0.39, 0.29) is 18.3 Å². The van der Waals surface area contributed by atoms with Gasteiger partial charge in [0.25, 0.3) is 0 Å². The van der Waals surface area contributed by atoms with Crippen LogP contribution in [0.15, 0.2) is 23.3 Å². The van der Waals surface area contributed by atoms with Crippen molar-refractivity contribution in [3.63, 3.8) is 0 Å². The van der Waals surface area contributed by atoms with Crippen LogP contribution in [0.5, 0.6) is 0 Å². The van der Waals surface area contributed by atoms with Crippen LogP contribution in [0.2, 0.25) is 0 Å². The fraction of sp³-hybridized carbons (Fsp3) is 0.800. The van der Waals surface area contributed by atoms with Crippen LogP contribution in [0.25, 0.3) is 0 Å². The maximum atomic E-state index is 8.97. The summed E-state index contributed by atoms with van der Waals surface area (Å²) < 4.78 is 11.5. The first-order chi connectivity index (χ1) is 11.0. The number of allylic oxidation sites excluding steroid dienone is 4. The lowest BCUT2D eigenvalue weighted by Gasteiger charge is -2.38. The van der Waals surface area contributed by atoms with Crippen molar-refractivity contribution >= 4 is 0 Å². The minimum atomic E-state index is -0.0396. The quantitative estimate of drug-likeness (QED) is 0.670. The van der Waals surface area contributed by atoms with Crippen molar-refractivity contribution in [2.45, 2.75) is 66.1 Å². The van der Waals surface area contributed by atoms with Crippen molar-refractivity contribution in [1.29, 1.82) is 0 Å². The molecular weight excluding hydrogens is 288 g/mol. The molecule has 2 aliphatic rings. The lowest BCUT2D eigenvalue weighted by molar-refractivity contribution is -0.0746. The van der Waals surface area contributed by atoms with Gasteiger partial charge in [-0.05, 0) is 49.9 Å². The highest BCUT2D eigenvalue weighted by atomic mass is 16.7. The number of hydrogen-bond donors (Lipinski definition) is 1. The molecule has 0 spiro atoms. The highest BCUT2D eigenvalue weighted by molar-refractivity contribution is 5.26. The van der Waals surface area contributed by atoms with Crippen LogP contribution >= 0.6 is 0 Å². The van der Waals surface area contributed by atoms with Gasteiger partial charge in [-0.15, -0.1) is 0 Å². The van der Waals surface area contributed by atoms with Gasteiger partial charge < -0.3 is 14.6 Å². The summed E-state index contributed by atoms with van der Waals surface area (Å²) in [6.45, 7) is 11.0. The molecule has 0 aromatic rings. The predicted octanol–water partition coefficient (Wildman–Crippen LogP) is 4.47. The molecule has 3 nitrogen and oxygen atoms in total. The van der Waals surface area contributed by atoms with E-state index < -0.39 is 0 Å². The van der Waals surface area contributed by atoms with Gasteiger partial charge in [0.05, 0.1) is 13.2 Å². The first-order valence-electron chi connectivity index (χ1n) is 9.16. The van der Waals surface area contributed by atoms with E-state index in [2.05, 4.69) is 39.8 Å². The summed E-state index contributed by atoms with van der Waals surface area (Å²) in [4.78, 5) is 0. The molecule has 0 unspecified atom stereocenters. The standard InChI is InChI=1S/C20H34O3/c1-15(2)18-10-9-17(8-7-16(3)6-5-11-21)20(18,4)14-19-22-12-13-23-19/h7,9,15,18-19,21H,5-6,8,10-14H2,1-4H3/b16-7+/t18-,20+/m0/s1. The van der Waals surface area contributed by atoms with E-state index >= 15 is 0 Å². The number of hydrogen-bond acceptors (Lipinski definition) is 3. The molecule has 1 N–H and O–H groups in total. The van der Waals surface area contributed by atoms with Crippen LogP contribution in [-0.2, 0) is 9.47 Å².